The molecule has 6 nitrogen and oxygen atoms in total. The van der Waals surface area contributed by atoms with Crippen molar-refractivity contribution in [1.29, 1.82) is 0 Å². The molecule has 124 valence electrons. The van der Waals surface area contributed by atoms with Crippen molar-refractivity contribution in [3.63, 3.8) is 0 Å². The average molecular weight is 347 g/mol. The van der Waals surface area contributed by atoms with Crippen LogP contribution in [0.4, 0.5) is 4.39 Å². The number of hydrogen-bond acceptors (Lipinski definition) is 6. The third kappa shape index (κ3) is 3.45. The lowest BCUT2D eigenvalue weighted by atomic mass is 10.1. The SMILES string of the molecule is COOSc1ncc2cc(Cc3ccc(F)cc3)c(=O)n(C)c2n1. The maximum atomic E-state index is 13.0. The van der Waals surface area contributed by atoms with E-state index in [1.54, 1.807) is 31.4 Å². The van der Waals surface area contributed by atoms with Gasteiger partial charge in [0.25, 0.3) is 5.56 Å². The summed E-state index contributed by atoms with van der Waals surface area (Å²) in [6.07, 6.45) is 2.03. The Balaban J connectivity index is 1.99. The molecule has 3 aromatic rings. The topological polar surface area (TPSA) is 66.2 Å². The second-order valence-electron chi connectivity index (χ2n) is 5.09. The first-order valence-electron chi connectivity index (χ1n) is 7.06. The van der Waals surface area contributed by atoms with Crippen molar-refractivity contribution in [2.24, 2.45) is 7.05 Å². The fourth-order valence-corrected chi connectivity index (χ4v) is 2.70. The van der Waals surface area contributed by atoms with E-state index in [0.29, 0.717) is 22.8 Å². The van der Waals surface area contributed by atoms with Gasteiger partial charge in [-0.05, 0) is 23.8 Å². The van der Waals surface area contributed by atoms with Crippen LogP contribution in [0.5, 0.6) is 0 Å². The van der Waals surface area contributed by atoms with Crippen molar-refractivity contribution in [2.45, 2.75) is 11.6 Å². The minimum atomic E-state index is -0.304. The lowest BCUT2D eigenvalue weighted by Gasteiger charge is -2.09. The maximum absolute atomic E-state index is 13.0. The van der Waals surface area contributed by atoms with Crippen LogP contribution in [0.25, 0.3) is 11.0 Å². The Morgan fingerprint density at radius 1 is 1.29 bits per heavy atom. The normalized spacial score (nSPS) is 11.1. The molecule has 24 heavy (non-hydrogen) atoms. The second-order valence-corrected chi connectivity index (χ2v) is 5.75. The van der Waals surface area contributed by atoms with Gasteiger partial charge in [0.15, 0.2) is 0 Å². The molecule has 0 saturated heterocycles. The van der Waals surface area contributed by atoms with Crippen molar-refractivity contribution < 1.29 is 13.6 Å². The predicted molar refractivity (Wildman–Crippen MR) is 87.9 cm³/mol. The highest BCUT2D eigenvalue weighted by Gasteiger charge is 2.11. The van der Waals surface area contributed by atoms with E-state index in [1.807, 2.05) is 0 Å². The lowest BCUT2D eigenvalue weighted by molar-refractivity contribution is -0.160. The summed E-state index contributed by atoms with van der Waals surface area (Å²) in [6.45, 7) is 0. The molecule has 0 spiro atoms. The monoisotopic (exact) mass is 347 g/mol. The predicted octanol–water partition coefficient (Wildman–Crippen LogP) is 2.64. The molecule has 0 N–H and O–H groups in total. The zero-order chi connectivity index (χ0) is 17.1. The number of aromatic nitrogens is 3. The molecule has 0 atom stereocenters. The van der Waals surface area contributed by atoms with Crippen LogP contribution >= 0.6 is 12.0 Å². The Kier molecular flexibility index (Phi) is 4.89. The Morgan fingerprint density at radius 2 is 2.04 bits per heavy atom. The molecule has 2 heterocycles. The number of nitrogens with zero attached hydrogens (tertiary/aromatic N) is 3. The molecule has 0 fully saturated rings. The zero-order valence-electron chi connectivity index (χ0n) is 13.0. The first kappa shape index (κ1) is 16.6. The van der Waals surface area contributed by atoms with Crippen molar-refractivity contribution >= 4 is 23.1 Å². The molecule has 0 bridgehead atoms. The molecule has 0 aliphatic heterocycles. The molecule has 1 aromatic carbocycles. The minimum absolute atomic E-state index is 0.158. The molecular formula is C16H14FN3O3S. The summed E-state index contributed by atoms with van der Waals surface area (Å²) >= 11 is 0.863. The minimum Gasteiger partial charge on any atom is -0.295 e. The van der Waals surface area contributed by atoms with Gasteiger partial charge in [-0.15, -0.1) is 0 Å². The van der Waals surface area contributed by atoms with Gasteiger partial charge in [0.05, 0.1) is 7.11 Å². The number of pyridine rings is 1. The van der Waals surface area contributed by atoms with Gasteiger partial charge in [-0.1, -0.05) is 12.1 Å². The van der Waals surface area contributed by atoms with Gasteiger partial charge < -0.3 is 0 Å². The van der Waals surface area contributed by atoms with E-state index in [0.717, 1.165) is 23.0 Å². The highest BCUT2D eigenvalue weighted by molar-refractivity contribution is 7.94. The number of aryl methyl sites for hydroxylation is 1. The molecule has 3 rings (SSSR count). The van der Waals surface area contributed by atoms with Gasteiger partial charge in [-0.25, -0.2) is 19.2 Å². The van der Waals surface area contributed by atoms with E-state index in [-0.39, 0.29) is 11.4 Å². The van der Waals surface area contributed by atoms with Crippen LogP contribution in [-0.2, 0) is 22.7 Å². The molecule has 0 saturated carbocycles. The van der Waals surface area contributed by atoms with E-state index in [9.17, 15) is 9.18 Å². The average Bonchev–Trinajstić information content (AvgIpc) is 2.60. The Morgan fingerprint density at radius 3 is 2.75 bits per heavy atom. The smallest absolute Gasteiger partial charge is 0.255 e. The highest BCUT2D eigenvalue weighted by atomic mass is 32.2. The van der Waals surface area contributed by atoms with Crippen molar-refractivity contribution in [2.75, 3.05) is 7.11 Å². The number of rotatable bonds is 5. The number of halogens is 1. The van der Waals surface area contributed by atoms with E-state index >= 15 is 0 Å². The zero-order valence-corrected chi connectivity index (χ0v) is 13.8. The third-order valence-electron chi connectivity index (χ3n) is 3.49. The molecule has 0 radical (unpaired) electrons. The Labute approximate surface area is 141 Å². The van der Waals surface area contributed by atoms with Gasteiger partial charge in [0.1, 0.15) is 23.5 Å². The van der Waals surface area contributed by atoms with Crippen molar-refractivity contribution in [3.05, 3.63) is 63.8 Å². The number of fused-ring (bicyclic) bond motifs is 1. The quantitative estimate of drug-likeness (QED) is 0.306. The molecule has 2 aromatic heterocycles. The van der Waals surface area contributed by atoms with Crippen LogP contribution in [0.3, 0.4) is 0 Å². The van der Waals surface area contributed by atoms with Crippen LogP contribution in [0, 0.1) is 5.82 Å². The fraction of sp³-hybridized carbons (Fsp3) is 0.188. The van der Waals surface area contributed by atoms with Crippen LogP contribution < -0.4 is 5.56 Å². The van der Waals surface area contributed by atoms with E-state index in [1.165, 1.54) is 23.8 Å². The fourth-order valence-electron chi connectivity index (χ4n) is 2.35. The summed E-state index contributed by atoms with van der Waals surface area (Å²) in [4.78, 5) is 25.5. The first-order valence-corrected chi connectivity index (χ1v) is 7.80. The molecule has 0 unspecified atom stereocenters. The molecule has 8 heteroatoms. The van der Waals surface area contributed by atoms with E-state index < -0.39 is 0 Å². The highest BCUT2D eigenvalue weighted by Crippen LogP contribution is 2.18. The Bertz CT molecular complexity index is 928. The second kappa shape index (κ2) is 7.08. The van der Waals surface area contributed by atoms with Crippen LogP contribution in [0.2, 0.25) is 0 Å². The van der Waals surface area contributed by atoms with Crippen molar-refractivity contribution in [3.8, 4) is 0 Å². The largest absolute Gasteiger partial charge is 0.295 e. The number of benzene rings is 1. The summed E-state index contributed by atoms with van der Waals surface area (Å²) in [6, 6.07) is 7.84. The van der Waals surface area contributed by atoms with Gasteiger partial charge >= 0.3 is 0 Å². The van der Waals surface area contributed by atoms with Gasteiger partial charge in [-0.2, -0.15) is 4.33 Å². The Hall–Kier alpha value is -2.29. The first-order chi connectivity index (χ1) is 11.6. The molecule has 0 aliphatic carbocycles. The van der Waals surface area contributed by atoms with Crippen LogP contribution in [0.15, 0.2) is 46.5 Å². The molecule has 0 aliphatic rings. The standard InChI is InChI=1S/C16H14FN3O3S/c1-20-14-12(9-18-16(19-14)24-23-22-2)8-11(15(20)21)7-10-3-5-13(17)6-4-10/h3-6,8-9H,7H2,1-2H3. The van der Waals surface area contributed by atoms with Crippen LogP contribution in [-0.4, -0.2) is 21.6 Å². The van der Waals surface area contributed by atoms with Gasteiger partial charge in [-0.3, -0.25) is 9.36 Å². The van der Waals surface area contributed by atoms with Crippen molar-refractivity contribution in [1.82, 2.24) is 14.5 Å². The third-order valence-corrected chi connectivity index (χ3v) is 4.03. The van der Waals surface area contributed by atoms with E-state index in [4.69, 9.17) is 4.33 Å². The molecular weight excluding hydrogens is 333 g/mol. The number of hydrogen-bond donors (Lipinski definition) is 0. The summed E-state index contributed by atoms with van der Waals surface area (Å²) in [5.74, 6) is -0.304. The summed E-state index contributed by atoms with van der Waals surface area (Å²) < 4.78 is 19.2. The molecule has 0 amide bonds. The summed E-state index contributed by atoms with van der Waals surface area (Å²) in [5.41, 5.74) is 1.79. The maximum Gasteiger partial charge on any atom is 0.255 e. The van der Waals surface area contributed by atoms with Gasteiger partial charge in [0, 0.05) is 30.6 Å². The van der Waals surface area contributed by atoms with Gasteiger partial charge in [0.2, 0.25) is 5.16 Å². The van der Waals surface area contributed by atoms with Crippen LogP contribution in [0.1, 0.15) is 11.1 Å². The summed E-state index contributed by atoms with van der Waals surface area (Å²) in [5, 5.41) is 1.07. The summed E-state index contributed by atoms with van der Waals surface area (Å²) in [7, 11) is 3.03. The lowest BCUT2D eigenvalue weighted by Crippen LogP contribution is -2.22. The van der Waals surface area contributed by atoms with E-state index in [2.05, 4.69) is 14.9 Å².